The molecule has 0 aliphatic carbocycles. The van der Waals surface area contributed by atoms with Crippen LogP contribution in [0.5, 0.6) is 5.75 Å². The van der Waals surface area contributed by atoms with Crippen LogP contribution in [0.4, 0.5) is 0 Å². The molecule has 1 fully saturated rings. The van der Waals surface area contributed by atoms with Crippen LogP contribution < -0.4 is 15.4 Å². The van der Waals surface area contributed by atoms with Crippen molar-refractivity contribution in [2.45, 2.75) is 32.7 Å². The van der Waals surface area contributed by atoms with Crippen molar-refractivity contribution in [1.29, 1.82) is 0 Å². The van der Waals surface area contributed by atoms with Crippen LogP contribution in [0.25, 0.3) is 0 Å². The minimum atomic E-state index is 0.375. The van der Waals surface area contributed by atoms with Crippen LogP contribution in [-0.4, -0.2) is 27.2 Å². The highest BCUT2D eigenvalue weighted by Crippen LogP contribution is 2.34. The minimum Gasteiger partial charge on any atom is -0.496 e. The normalized spacial score (nSPS) is 20.5. The number of hydrogen-bond donors (Lipinski definition) is 2. The average molecular weight is 262 g/mol. The Labute approximate surface area is 116 Å². The first-order valence-corrected chi connectivity index (χ1v) is 7.18. The molecule has 2 atom stereocenters. The summed E-state index contributed by atoms with van der Waals surface area (Å²) in [5, 5.41) is 6.92. The van der Waals surface area contributed by atoms with Crippen molar-refractivity contribution in [3.8, 4) is 5.75 Å². The zero-order chi connectivity index (χ0) is 13.8. The van der Waals surface area contributed by atoms with Gasteiger partial charge >= 0.3 is 0 Å². The molecule has 3 heteroatoms. The summed E-state index contributed by atoms with van der Waals surface area (Å²) in [5.74, 6) is 1.78. The molecule has 0 amide bonds. The van der Waals surface area contributed by atoms with Crippen molar-refractivity contribution in [3.63, 3.8) is 0 Å². The van der Waals surface area contributed by atoms with Gasteiger partial charge in [0.2, 0.25) is 0 Å². The lowest BCUT2D eigenvalue weighted by atomic mass is 9.90. The van der Waals surface area contributed by atoms with Gasteiger partial charge in [-0.1, -0.05) is 6.07 Å². The van der Waals surface area contributed by atoms with Gasteiger partial charge in [-0.2, -0.15) is 0 Å². The van der Waals surface area contributed by atoms with Crippen LogP contribution in [-0.2, 0) is 0 Å². The van der Waals surface area contributed by atoms with E-state index in [9.17, 15) is 0 Å². The Bertz CT molecular complexity index is 425. The lowest BCUT2D eigenvalue weighted by Gasteiger charge is -2.24. The Balaban J connectivity index is 2.25. The summed E-state index contributed by atoms with van der Waals surface area (Å²) in [7, 11) is 3.81. The summed E-state index contributed by atoms with van der Waals surface area (Å²) in [6, 6.07) is 4.76. The first-order chi connectivity index (χ1) is 9.15. The maximum Gasteiger partial charge on any atom is 0.124 e. The van der Waals surface area contributed by atoms with Crippen molar-refractivity contribution in [2.75, 3.05) is 27.2 Å². The van der Waals surface area contributed by atoms with Gasteiger partial charge in [0.1, 0.15) is 5.75 Å². The number of benzene rings is 1. The Morgan fingerprint density at radius 3 is 2.79 bits per heavy atom. The maximum atomic E-state index is 5.60. The Morgan fingerprint density at radius 2 is 2.21 bits per heavy atom. The van der Waals surface area contributed by atoms with E-state index in [1.54, 1.807) is 7.11 Å². The molecule has 0 aromatic heterocycles. The van der Waals surface area contributed by atoms with Crippen LogP contribution in [0.2, 0.25) is 0 Å². The summed E-state index contributed by atoms with van der Waals surface area (Å²) in [6.07, 6.45) is 2.45. The van der Waals surface area contributed by atoms with Gasteiger partial charge in [0.05, 0.1) is 7.11 Å². The molecule has 2 unspecified atom stereocenters. The van der Waals surface area contributed by atoms with E-state index in [1.807, 2.05) is 7.05 Å². The molecule has 0 spiro atoms. The Hall–Kier alpha value is -1.06. The average Bonchev–Trinajstić information content (AvgIpc) is 2.88. The molecule has 1 aromatic carbocycles. The van der Waals surface area contributed by atoms with Crippen LogP contribution in [0.15, 0.2) is 12.1 Å². The fraction of sp³-hybridized carbons (Fsp3) is 0.625. The standard InChI is InChI=1S/C16H26N2O/c1-11-7-12(2)16(15(8-11)19-4)14(17-3)9-13-5-6-18-10-13/h7-8,13-14,17-18H,5-6,9-10H2,1-4H3. The summed E-state index contributed by atoms with van der Waals surface area (Å²) in [6.45, 7) is 6.60. The topological polar surface area (TPSA) is 33.3 Å². The number of rotatable bonds is 5. The molecule has 0 saturated carbocycles. The van der Waals surface area contributed by atoms with E-state index in [0.717, 1.165) is 24.8 Å². The highest BCUT2D eigenvalue weighted by Gasteiger charge is 2.23. The molecule has 19 heavy (non-hydrogen) atoms. The molecule has 1 aliphatic rings. The van der Waals surface area contributed by atoms with Crippen molar-refractivity contribution in [3.05, 3.63) is 28.8 Å². The summed E-state index contributed by atoms with van der Waals surface area (Å²) in [5.41, 5.74) is 3.90. The smallest absolute Gasteiger partial charge is 0.124 e. The molecule has 0 bridgehead atoms. The van der Waals surface area contributed by atoms with Gasteiger partial charge in [-0.25, -0.2) is 0 Å². The van der Waals surface area contributed by atoms with Gasteiger partial charge in [0.25, 0.3) is 0 Å². The third-order valence-corrected chi connectivity index (χ3v) is 4.14. The van der Waals surface area contributed by atoms with Crippen LogP contribution in [0.3, 0.4) is 0 Å². The summed E-state index contributed by atoms with van der Waals surface area (Å²) < 4.78 is 5.60. The molecule has 1 saturated heterocycles. The molecular formula is C16H26N2O. The molecule has 2 N–H and O–H groups in total. The Morgan fingerprint density at radius 1 is 1.42 bits per heavy atom. The quantitative estimate of drug-likeness (QED) is 0.855. The molecule has 0 radical (unpaired) electrons. The maximum absolute atomic E-state index is 5.60. The highest BCUT2D eigenvalue weighted by atomic mass is 16.5. The second-order valence-corrected chi connectivity index (χ2v) is 5.63. The molecule has 1 aliphatic heterocycles. The van der Waals surface area contributed by atoms with E-state index < -0.39 is 0 Å². The second-order valence-electron chi connectivity index (χ2n) is 5.63. The third kappa shape index (κ3) is 3.28. The first-order valence-electron chi connectivity index (χ1n) is 7.18. The third-order valence-electron chi connectivity index (χ3n) is 4.14. The van der Waals surface area contributed by atoms with Gasteiger partial charge in [-0.05, 0) is 69.9 Å². The van der Waals surface area contributed by atoms with Gasteiger partial charge in [0.15, 0.2) is 0 Å². The fourth-order valence-electron chi connectivity index (χ4n) is 3.18. The van der Waals surface area contributed by atoms with Crippen LogP contribution >= 0.6 is 0 Å². The number of methoxy groups -OCH3 is 1. The largest absolute Gasteiger partial charge is 0.496 e. The van der Waals surface area contributed by atoms with Crippen LogP contribution in [0, 0.1) is 19.8 Å². The second kappa shape index (κ2) is 6.40. The van der Waals surface area contributed by atoms with E-state index in [4.69, 9.17) is 4.74 Å². The van der Waals surface area contributed by atoms with E-state index in [1.165, 1.54) is 29.5 Å². The predicted octanol–water partition coefficient (Wildman–Crippen LogP) is 2.57. The van der Waals surface area contributed by atoms with Gasteiger partial charge in [0, 0.05) is 11.6 Å². The monoisotopic (exact) mass is 262 g/mol. The van der Waals surface area contributed by atoms with Gasteiger partial charge < -0.3 is 15.4 Å². The van der Waals surface area contributed by atoms with Gasteiger partial charge in [-0.3, -0.25) is 0 Å². The zero-order valence-electron chi connectivity index (χ0n) is 12.5. The van der Waals surface area contributed by atoms with E-state index in [0.29, 0.717) is 6.04 Å². The van der Waals surface area contributed by atoms with Crippen molar-refractivity contribution in [1.82, 2.24) is 10.6 Å². The predicted molar refractivity (Wildman–Crippen MR) is 79.9 cm³/mol. The number of aryl methyl sites for hydroxylation is 2. The highest BCUT2D eigenvalue weighted by molar-refractivity contribution is 5.45. The number of nitrogens with one attached hydrogen (secondary N) is 2. The molecular weight excluding hydrogens is 236 g/mol. The van der Waals surface area contributed by atoms with Crippen molar-refractivity contribution in [2.24, 2.45) is 5.92 Å². The first kappa shape index (κ1) is 14.4. The van der Waals surface area contributed by atoms with E-state index in [2.05, 4.69) is 36.6 Å². The number of ether oxygens (including phenoxy) is 1. The molecule has 1 aromatic rings. The van der Waals surface area contributed by atoms with E-state index >= 15 is 0 Å². The summed E-state index contributed by atoms with van der Waals surface area (Å²) >= 11 is 0. The fourth-order valence-corrected chi connectivity index (χ4v) is 3.18. The minimum absolute atomic E-state index is 0.375. The van der Waals surface area contributed by atoms with Gasteiger partial charge in [-0.15, -0.1) is 0 Å². The lowest BCUT2D eigenvalue weighted by molar-refractivity contribution is 0.381. The number of hydrogen-bond acceptors (Lipinski definition) is 3. The molecule has 2 rings (SSSR count). The molecule has 3 nitrogen and oxygen atoms in total. The molecule has 106 valence electrons. The summed E-state index contributed by atoms with van der Waals surface area (Å²) in [4.78, 5) is 0. The van der Waals surface area contributed by atoms with Crippen molar-refractivity contribution >= 4 is 0 Å². The Kier molecular flexibility index (Phi) is 4.83. The van der Waals surface area contributed by atoms with Crippen molar-refractivity contribution < 1.29 is 4.74 Å². The lowest BCUT2D eigenvalue weighted by Crippen LogP contribution is -2.22. The SMILES string of the molecule is CNC(CC1CCNC1)c1c(C)cc(C)cc1OC. The molecule has 1 heterocycles. The van der Waals surface area contributed by atoms with Crippen LogP contribution in [0.1, 0.15) is 35.6 Å². The van der Waals surface area contributed by atoms with E-state index in [-0.39, 0.29) is 0 Å². The zero-order valence-corrected chi connectivity index (χ0v) is 12.5.